The normalized spacial score (nSPS) is 12.0. The van der Waals surface area contributed by atoms with E-state index in [1.54, 1.807) is 22.9 Å². The molecule has 3 rings (SSSR count). The molecule has 0 aliphatic carbocycles. The van der Waals surface area contributed by atoms with Gasteiger partial charge in [0.15, 0.2) is 0 Å². The van der Waals surface area contributed by atoms with Crippen molar-refractivity contribution < 1.29 is 9.18 Å². The van der Waals surface area contributed by atoms with Gasteiger partial charge in [-0.3, -0.25) is 4.79 Å². The first-order chi connectivity index (χ1) is 12.9. The Morgan fingerprint density at radius 3 is 2.56 bits per heavy atom. The number of nitrogens with zero attached hydrogens (tertiary/aromatic N) is 2. The highest BCUT2D eigenvalue weighted by Crippen LogP contribution is 2.18. The molecule has 1 unspecified atom stereocenters. The summed E-state index contributed by atoms with van der Waals surface area (Å²) < 4.78 is 14.7. The largest absolute Gasteiger partial charge is 0.309 e. The maximum Gasteiger partial charge on any atom is 0.239 e. The van der Waals surface area contributed by atoms with Gasteiger partial charge in [0.25, 0.3) is 0 Å². The van der Waals surface area contributed by atoms with Crippen LogP contribution >= 0.6 is 0 Å². The predicted octanol–water partition coefficient (Wildman–Crippen LogP) is 3.92. The summed E-state index contributed by atoms with van der Waals surface area (Å²) >= 11 is 0. The van der Waals surface area contributed by atoms with Gasteiger partial charge in [-0.1, -0.05) is 24.3 Å². The van der Waals surface area contributed by atoms with Crippen molar-refractivity contribution in [1.82, 2.24) is 15.1 Å². The predicted molar refractivity (Wildman–Crippen MR) is 104 cm³/mol. The molecular formula is C21H23FN4O. The molecule has 1 aromatic heterocycles. The van der Waals surface area contributed by atoms with Crippen LogP contribution in [0.1, 0.15) is 29.8 Å². The molecule has 27 heavy (non-hydrogen) atoms. The maximum absolute atomic E-state index is 13.2. The van der Waals surface area contributed by atoms with Gasteiger partial charge in [-0.2, -0.15) is 5.10 Å². The van der Waals surface area contributed by atoms with E-state index in [1.807, 2.05) is 26.0 Å². The smallest absolute Gasteiger partial charge is 0.239 e. The number of nitrogens with one attached hydrogen (secondary N) is 2. The van der Waals surface area contributed by atoms with Crippen LogP contribution < -0.4 is 10.6 Å². The van der Waals surface area contributed by atoms with Gasteiger partial charge in [0, 0.05) is 12.1 Å². The minimum atomic E-state index is -0.317. The van der Waals surface area contributed by atoms with Crippen LogP contribution in [0, 0.1) is 19.7 Å². The molecule has 1 atom stereocenters. The summed E-state index contributed by atoms with van der Waals surface area (Å²) in [5.41, 5.74) is 3.79. The third kappa shape index (κ3) is 4.60. The van der Waals surface area contributed by atoms with Gasteiger partial charge in [-0.25, -0.2) is 9.07 Å². The fraction of sp³-hybridized carbons (Fsp3) is 0.238. The molecule has 2 aromatic carbocycles. The van der Waals surface area contributed by atoms with Crippen molar-refractivity contribution in [3.63, 3.8) is 0 Å². The third-order valence-electron chi connectivity index (χ3n) is 4.39. The Hall–Kier alpha value is -2.99. The van der Waals surface area contributed by atoms with Crippen LogP contribution in [0.2, 0.25) is 0 Å². The van der Waals surface area contributed by atoms with Crippen LogP contribution in [-0.4, -0.2) is 22.2 Å². The van der Waals surface area contributed by atoms with E-state index in [0.717, 1.165) is 11.3 Å². The number of hydrogen-bond acceptors (Lipinski definition) is 3. The second-order valence-electron chi connectivity index (χ2n) is 6.57. The van der Waals surface area contributed by atoms with Gasteiger partial charge in [-0.05, 0) is 56.2 Å². The average molecular weight is 366 g/mol. The average Bonchev–Trinajstić information content (AvgIpc) is 3.01. The number of aromatic nitrogens is 2. The first-order valence-electron chi connectivity index (χ1n) is 8.85. The highest BCUT2D eigenvalue weighted by Gasteiger charge is 2.13. The Balaban J connectivity index is 1.66. The molecule has 0 bridgehead atoms. The molecule has 0 saturated carbocycles. The number of benzene rings is 2. The van der Waals surface area contributed by atoms with E-state index in [0.29, 0.717) is 11.5 Å². The summed E-state index contributed by atoms with van der Waals surface area (Å²) in [4.78, 5) is 12.4. The van der Waals surface area contributed by atoms with Gasteiger partial charge in [-0.15, -0.1) is 0 Å². The zero-order valence-electron chi connectivity index (χ0n) is 15.7. The Morgan fingerprint density at radius 1 is 1.15 bits per heavy atom. The van der Waals surface area contributed by atoms with Gasteiger partial charge in [0.05, 0.1) is 17.9 Å². The Bertz CT molecular complexity index is 934. The minimum Gasteiger partial charge on any atom is -0.309 e. The molecule has 5 nitrogen and oxygen atoms in total. The van der Waals surface area contributed by atoms with E-state index in [2.05, 4.69) is 34.8 Å². The van der Waals surface area contributed by atoms with Gasteiger partial charge < -0.3 is 10.6 Å². The summed E-state index contributed by atoms with van der Waals surface area (Å²) in [7, 11) is 0. The first-order valence-corrected chi connectivity index (χ1v) is 8.85. The molecule has 0 fully saturated rings. The second-order valence-corrected chi connectivity index (χ2v) is 6.57. The number of halogens is 1. The molecule has 3 aromatic rings. The van der Waals surface area contributed by atoms with Crippen LogP contribution in [0.3, 0.4) is 0 Å². The summed E-state index contributed by atoms with van der Waals surface area (Å²) in [6.45, 7) is 6.09. The van der Waals surface area contributed by atoms with Gasteiger partial charge in [0.2, 0.25) is 5.91 Å². The standard InChI is InChI=1S/C21H23FN4O/c1-14-6-4-5-7-19(14)16(3)23-13-21(27)24-20-12-15(2)25-26(20)18-10-8-17(22)9-11-18/h4-12,16,23H,13H2,1-3H3,(H,24,27). The quantitative estimate of drug-likeness (QED) is 0.695. The van der Waals surface area contributed by atoms with E-state index in [-0.39, 0.29) is 24.3 Å². The molecule has 140 valence electrons. The molecule has 2 N–H and O–H groups in total. The first kappa shape index (κ1) is 18.8. The highest BCUT2D eigenvalue weighted by molar-refractivity contribution is 5.91. The molecule has 6 heteroatoms. The third-order valence-corrected chi connectivity index (χ3v) is 4.39. The lowest BCUT2D eigenvalue weighted by Gasteiger charge is -2.16. The minimum absolute atomic E-state index is 0.0562. The number of aryl methyl sites for hydroxylation is 2. The van der Waals surface area contributed by atoms with Crippen molar-refractivity contribution in [3.8, 4) is 5.69 Å². The van der Waals surface area contributed by atoms with Crippen LogP contribution in [0.25, 0.3) is 5.69 Å². The number of rotatable bonds is 6. The molecule has 0 aliphatic heterocycles. The monoisotopic (exact) mass is 366 g/mol. The molecular weight excluding hydrogens is 343 g/mol. The fourth-order valence-electron chi connectivity index (χ4n) is 2.98. The lowest BCUT2D eigenvalue weighted by Crippen LogP contribution is -2.31. The Labute approximate surface area is 158 Å². The molecule has 0 spiro atoms. The van der Waals surface area contributed by atoms with E-state index >= 15 is 0 Å². The Kier molecular flexibility index (Phi) is 5.66. The second kappa shape index (κ2) is 8.14. The molecule has 0 aliphatic rings. The fourth-order valence-corrected chi connectivity index (χ4v) is 2.98. The van der Waals surface area contributed by atoms with E-state index in [4.69, 9.17) is 0 Å². The summed E-state index contributed by atoms with van der Waals surface area (Å²) in [5.74, 6) is 0.0655. The van der Waals surface area contributed by atoms with Crippen molar-refractivity contribution in [2.45, 2.75) is 26.8 Å². The summed E-state index contributed by atoms with van der Waals surface area (Å²) in [6.07, 6.45) is 0. The molecule has 1 heterocycles. The van der Waals surface area contributed by atoms with Crippen LogP contribution in [0.15, 0.2) is 54.6 Å². The number of carbonyl (C=O) groups is 1. The van der Waals surface area contributed by atoms with Crippen molar-refractivity contribution in [2.75, 3.05) is 11.9 Å². The zero-order valence-corrected chi connectivity index (χ0v) is 15.7. The van der Waals surface area contributed by atoms with Gasteiger partial charge in [0.1, 0.15) is 11.6 Å². The summed E-state index contributed by atoms with van der Waals surface area (Å²) in [6, 6.07) is 15.9. The lowest BCUT2D eigenvalue weighted by molar-refractivity contribution is -0.115. The molecule has 0 radical (unpaired) electrons. The van der Waals surface area contributed by atoms with Gasteiger partial charge >= 0.3 is 0 Å². The molecule has 0 saturated heterocycles. The highest BCUT2D eigenvalue weighted by atomic mass is 19.1. The van der Waals surface area contributed by atoms with Crippen molar-refractivity contribution in [1.29, 1.82) is 0 Å². The van der Waals surface area contributed by atoms with Crippen molar-refractivity contribution >= 4 is 11.7 Å². The topological polar surface area (TPSA) is 59.0 Å². The van der Waals surface area contributed by atoms with E-state index in [1.165, 1.54) is 17.7 Å². The van der Waals surface area contributed by atoms with E-state index in [9.17, 15) is 9.18 Å². The van der Waals surface area contributed by atoms with E-state index < -0.39 is 0 Å². The van der Waals surface area contributed by atoms with Crippen LogP contribution in [0.4, 0.5) is 10.2 Å². The van der Waals surface area contributed by atoms with Crippen molar-refractivity contribution in [2.24, 2.45) is 0 Å². The molecule has 1 amide bonds. The lowest BCUT2D eigenvalue weighted by atomic mass is 10.0. The van der Waals surface area contributed by atoms with Crippen LogP contribution in [0.5, 0.6) is 0 Å². The number of amides is 1. The number of hydrogen-bond donors (Lipinski definition) is 2. The van der Waals surface area contributed by atoms with Crippen molar-refractivity contribution in [3.05, 3.63) is 77.2 Å². The Morgan fingerprint density at radius 2 is 1.85 bits per heavy atom. The van der Waals surface area contributed by atoms with Crippen LogP contribution in [-0.2, 0) is 4.79 Å². The SMILES string of the molecule is Cc1cc(NC(=O)CNC(C)c2ccccc2C)n(-c2ccc(F)cc2)n1. The number of carbonyl (C=O) groups excluding carboxylic acids is 1. The number of anilines is 1. The maximum atomic E-state index is 13.2. The zero-order chi connectivity index (χ0) is 19.4. The summed E-state index contributed by atoms with van der Waals surface area (Å²) in [5, 5.41) is 10.5.